The van der Waals surface area contributed by atoms with Gasteiger partial charge >= 0.3 is 19.6 Å². The van der Waals surface area contributed by atoms with Crippen molar-refractivity contribution in [1.82, 2.24) is 5.32 Å². The monoisotopic (exact) mass is 400 g/mol. The van der Waals surface area contributed by atoms with Crippen LogP contribution in [0.15, 0.2) is 30.3 Å². The Kier molecular flexibility index (Phi) is 8.96. The van der Waals surface area contributed by atoms with Gasteiger partial charge in [-0.1, -0.05) is 18.2 Å². The molecule has 8 nitrogen and oxygen atoms in total. The molecule has 0 saturated carbocycles. The highest BCUT2D eigenvalue weighted by Crippen LogP contribution is 2.54. The summed E-state index contributed by atoms with van der Waals surface area (Å²) in [6, 6.07) is 7.91. The summed E-state index contributed by atoms with van der Waals surface area (Å²) < 4.78 is 29.4. The van der Waals surface area contributed by atoms with E-state index in [0.29, 0.717) is 5.69 Å². The molecule has 0 heterocycles. The van der Waals surface area contributed by atoms with Crippen LogP contribution in [0.2, 0.25) is 0 Å². The summed E-state index contributed by atoms with van der Waals surface area (Å²) in [6.45, 7) is 9.93. The number of benzene rings is 1. The second-order valence-corrected chi connectivity index (χ2v) is 8.72. The van der Waals surface area contributed by atoms with Crippen LogP contribution in [0.4, 0.5) is 10.5 Å². The van der Waals surface area contributed by atoms with E-state index in [1.165, 1.54) is 0 Å². The molecule has 1 rings (SSSR count). The molecule has 9 heteroatoms. The third kappa shape index (κ3) is 8.12. The van der Waals surface area contributed by atoms with Crippen LogP contribution >= 0.6 is 7.60 Å². The first-order chi connectivity index (χ1) is 12.5. The molecule has 0 aliphatic rings. The molecule has 1 atom stereocenters. The van der Waals surface area contributed by atoms with Crippen LogP contribution in [0.5, 0.6) is 0 Å². The molecule has 152 valence electrons. The zero-order valence-electron chi connectivity index (χ0n) is 16.6. The van der Waals surface area contributed by atoms with E-state index in [9.17, 15) is 14.2 Å². The van der Waals surface area contributed by atoms with Gasteiger partial charge in [0.2, 0.25) is 5.78 Å². The minimum Gasteiger partial charge on any atom is -0.461 e. The summed E-state index contributed by atoms with van der Waals surface area (Å²) >= 11 is 0. The quantitative estimate of drug-likeness (QED) is 0.477. The van der Waals surface area contributed by atoms with Gasteiger partial charge < -0.3 is 24.4 Å². The van der Waals surface area contributed by atoms with Crippen molar-refractivity contribution >= 4 is 25.3 Å². The van der Waals surface area contributed by atoms with E-state index in [2.05, 4.69) is 10.6 Å². The first kappa shape index (κ1) is 23.1. The molecule has 0 aromatic heterocycles. The predicted molar refractivity (Wildman–Crippen MR) is 104 cm³/mol. The van der Waals surface area contributed by atoms with Crippen molar-refractivity contribution in [2.75, 3.05) is 5.32 Å². The van der Waals surface area contributed by atoms with Crippen LogP contribution in [0.3, 0.4) is 0 Å². The lowest BCUT2D eigenvalue weighted by atomic mass is 10.3. The first-order valence-electron chi connectivity index (χ1n) is 8.83. The van der Waals surface area contributed by atoms with Crippen LogP contribution in [-0.4, -0.2) is 36.1 Å². The predicted octanol–water partition coefficient (Wildman–Crippen LogP) is 4.13. The maximum atomic E-state index is 13.4. The van der Waals surface area contributed by atoms with Crippen molar-refractivity contribution in [2.45, 2.75) is 65.6 Å². The fourth-order valence-corrected chi connectivity index (χ4v) is 4.17. The SMILES string of the molecule is CC(C)OC(=O)C(NC(=O)Nc1ccccc1)P(=O)(OC(C)C)OC(C)C. The summed E-state index contributed by atoms with van der Waals surface area (Å²) in [4.78, 5) is 24.9. The van der Waals surface area contributed by atoms with Crippen molar-refractivity contribution < 1.29 is 27.9 Å². The van der Waals surface area contributed by atoms with Crippen molar-refractivity contribution in [3.8, 4) is 0 Å². The van der Waals surface area contributed by atoms with Gasteiger partial charge in [0.05, 0.1) is 18.3 Å². The lowest BCUT2D eigenvalue weighted by Crippen LogP contribution is -2.45. The van der Waals surface area contributed by atoms with Crippen LogP contribution in [-0.2, 0) is 23.1 Å². The number of amides is 2. The molecule has 0 radical (unpaired) electrons. The average molecular weight is 400 g/mol. The van der Waals surface area contributed by atoms with E-state index in [4.69, 9.17) is 13.8 Å². The molecule has 1 unspecified atom stereocenters. The standard InChI is InChI=1S/C18H29N2O6P/c1-12(2)24-17(21)16(27(23,25-13(3)4)26-14(5)6)20-18(22)19-15-10-8-7-9-11-15/h7-14,16H,1-6H3,(H2,19,20,22). The number of urea groups is 1. The Morgan fingerprint density at radius 1 is 0.889 bits per heavy atom. The third-order valence-corrected chi connectivity index (χ3v) is 5.31. The summed E-state index contributed by atoms with van der Waals surface area (Å²) in [5, 5.41) is 4.95. The maximum Gasteiger partial charge on any atom is 0.364 e. The Labute approximate surface area is 160 Å². The number of esters is 1. The van der Waals surface area contributed by atoms with Gasteiger partial charge in [0.1, 0.15) is 0 Å². The normalized spacial score (nSPS) is 12.9. The zero-order chi connectivity index (χ0) is 20.6. The Hall–Kier alpha value is -1.89. The number of carbonyl (C=O) groups is 2. The number of carbonyl (C=O) groups excluding carboxylic acids is 2. The van der Waals surface area contributed by atoms with E-state index in [0.717, 1.165) is 0 Å². The molecule has 0 aliphatic heterocycles. The van der Waals surface area contributed by atoms with Crippen molar-refractivity contribution in [2.24, 2.45) is 0 Å². The van der Waals surface area contributed by atoms with Crippen LogP contribution < -0.4 is 10.6 Å². The first-order valence-corrected chi connectivity index (χ1v) is 10.4. The topological polar surface area (TPSA) is 103 Å². The third-order valence-electron chi connectivity index (χ3n) is 2.91. The van der Waals surface area contributed by atoms with Gasteiger partial charge in [-0.05, 0) is 53.7 Å². The maximum absolute atomic E-state index is 13.4. The Morgan fingerprint density at radius 3 is 1.85 bits per heavy atom. The lowest BCUT2D eigenvalue weighted by molar-refractivity contribution is -0.147. The van der Waals surface area contributed by atoms with Crippen LogP contribution in [0.1, 0.15) is 41.5 Å². The van der Waals surface area contributed by atoms with Gasteiger partial charge in [0.25, 0.3) is 0 Å². The van der Waals surface area contributed by atoms with Gasteiger partial charge in [0.15, 0.2) is 0 Å². The Balaban J connectivity index is 3.10. The van der Waals surface area contributed by atoms with Crippen molar-refractivity contribution in [1.29, 1.82) is 0 Å². The van der Waals surface area contributed by atoms with E-state index in [-0.39, 0.29) is 0 Å². The Bertz CT molecular complexity index is 649. The van der Waals surface area contributed by atoms with Gasteiger partial charge in [-0.25, -0.2) is 9.59 Å². The number of anilines is 1. The molecular formula is C18H29N2O6P. The number of para-hydroxylation sites is 1. The van der Waals surface area contributed by atoms with E-state index < -0.39 is 43.7 Å². The molecule has 2 N–H and O–H groups in total. The van der Waals surface area contributed by atoms with Crippen LogP contribution in [0, 0.1) is 0 Å². The highest BCUT2D eigenvalue weighted by Gasteiger charge is 2.45. The molecule has 0 saturated heterocycles. The molecule has 0 spiro atoms. The molecule has 1 aromatic carbocycles. The van der Waals surface area contributed by atoms with E-state index in [1.54, 1.807) is 71.9 Å². The molecule has 0 aliphatic carbocycles. The largest absolute Gasteiger partial charge is 0.461 e. The molecule has 0 bridgehead atoms. The minimum absolute atomic E-state index is 0.467. The highest BCUT2D eigenvalue weighted by atomic mass is 31.2. The average Bonchev–Trinajstić information content (AvgIpc) is 2.51. The molecular weight excluding hydrogens is 371 g/mol. The summed E-state index contributed by atoms with van der Waals surface area (Å²) in [6.07, 6.45) is -1.46. The van der Waals surface area contributed by atoms with Gasteiger partial charge in [-0.3, -0.25) is 4.57 Å². The molecule has 1 aromatic rings. The van der Waals surface area contributed by atoms with Crippen molar-refractivity contribution in [3.63, 3.8) is 0 Å². The number of rotatable bonds is 9. The lowest BCUT2D eigenvalue weighted by Gasteiger charge is -2.29. The van der Waals surface area contributed by atoms with Gasteiger partial charge in [-0.2, -0.15) is 0 Å². The van der Waals surface area contributed by atoms with Crippen molar-refractivity contribution in [3.05, 3.63) is 30.3 Å². The number of nitrogens with one attached hydrogen (secondary N) is 2. The molecule has 2 amide bonds. The number of ether oxygens (including phenoxy) is 1. The molecule has 27 heavy (non-hydrogen) atoms. The van der Waals surface area contributed by atoms with E-state index >= 15 is 0 Å². The second-order valence-electron chi connectivity index (χ2n) is 6.70. The van der Waals surface area contributed by atoms with Crippen LogP contribution in [0.25, 0.3) is 0 Å². The van der Waals surface area contributed by atoms with E-state index in [1.807, 2.05) is 0 Å². The number of hydrogen-bond acceptors (Lipinski definition) is 6. The van der Waals surface area contributed by atoms with Gasteiger partial charge in [0, 0.05) is 5.69 Å². The fourth-order valence-electron chi connectivity index (χ4n) is 2.11. The zero-order valence-corrected chi connectivity index (χ0v) is 17.5. The summed E-state index contributed by atoms with van der Waals surface area (Å²) in [5.74, 6) is -2.49. The minimum atomic E-state index is -4.06. The Morgan fingerprint density at radius 2 is 1.41 bits per heavy atom. The van der Waals surface area contributed by atoms with Gasteiger partial charge in [-0.15, -0.1) is 0 Å². The fraction of sp³-hybridized carbons (Fsp3) is 0.556. The summed E-state index contributed by atoms with van der Waals surface area (Å²) in [5.41, 5.74) is 0.510. The second kappa shape index (κ2) is 10.4. The highest BCUT2D eigenvalue weighted by molar-refractivity contribution is 7.55. The number of hydrogen-bond donors (Lipinski definition) is 2. The summed E-state index contributed by atoms with van der Waals surface area (Å²) in [7, 11) is -4.06. The molecule has 0 fully saturated rings. The smallest absolute Gasteiger partial charge is 0.364 e.